The van der Waals surface area contributed by atoms with Gasteiger partial charge in [-0.2, -0.15) is 0 Å². The average molecular weight is 290 g/mol. The van der Waals surface area contributed by atoms with E-state index in [-0.39, 0.29) is 17.8 Å². The van der Waals surface area contributed by atoms with Gasteiger partial charge in [0.15, 0.2) is 0 Å². The Kier molecular flexibility index (Phi) is 4.63. The van der Waals surface area contributed by atoms with E-state index in [0.29, 0.717) is 6.54 Å². The van der Waals surface area contributed by atoms with Gasteiger partial charge < -0.3 is 10.0 Å². The fourth-order valence-corrected chi connectivity index (χ4v) is 2.69. The number of carbonyl (C=O) groups excluding carboxylic acids is 1. The van der Waals surface area contributed by atoms with Gasteiger partial charge in [-0.15, -0.1) is 11.3 Å². The molecule has 0 saturated heterocycles. The number of nitrogens with one attached hydrogen (secondary N) is 1. The highest BCUT2D eigenvalue weighted by Gasteiger charge is 2.20. The SMILES string of the molecule is CCN(C(=O)Nc1cccs1)[C@H](C)c1cccc(O)c1. The van der Waals surface area contributed by atoms with Crippen LogP contribution in [0.4, 0.5) is 9.80 Å². The Morgan fingerprint density at radius 3 is 2.80 bits per heavy atom. The topological polar surface area (TPSA) is 52.6 Å². The van der Waals surface area contributed by atoms with Crippen LogP contribution in [0.25, 0.3) is 0 Å². The Bertz CT molecular complexity index is 569. The van der Waals surface area contributed by atoms with E-state index in [1.54, 1.807) is 23.1 Å². The molecule has 0 bridgehead atoms. The minimum absolute atomic E-state index is 0.105. The molecule has 2 N–H and O–H groups in total. The molecule has 20 heavy (non-hydrogen) atoms. The van der Waals surface area contributed by atoms with Crippen molar-refractivity contribution in [3.8, 4) is 5.75 Å². The smallest absolute Gasteiger partial charge is 0.322 e. The summed E-state index contributed by atoms with van der Waals surface area (Å²) in [6.45, 7) is 4.48. The number of phenols is 1. The first kappa shape index (κ1) is 14.4. The molecular formula is C15H18N2O2S. The molecule has 0 unspecified atom stereocenters. The van der Waals surface area contributed by atoms with E-state index >= 15 is 0 Å². The molecule has 1 atom stereocenters. The lowest BCUT2D eigenvalue weighted by Gasteiger charge is -2.28. The highest BCUT2D eigenvalue weighted by atomic mass is 32.1. The molecule has 2 rings (SSSR count). The van der Waals surface area contributed by atoms with Crippen molar-refractivity contribution in [3.63, 3.8) is 0 Å². The standard InChI is InChI=1S/C15H18N2O2S/c1-3-17(15(19)16-14-8-5-9-20-14)11(2)12-6-4-7-13(18)10-12/h4-11,18H,3H2,1-2H3,(H,16,19)/t11-/m1/s1. The summed E-state index contributed by atoms with van der Waals surface area (Å²) in [6, 6.07) is 10.5. The van der Waals surface area contributed by atoms with Gasteiger partial charge >= 0.3 is 6.03 Å². The highest BCUT2D eigenvalue weighted by molar-refractivity contribution is 7.14. The summed E-state index contributed by atoms with van der Waals surface area (Å²) < 4.78 is 0. The second kappa shape index (κ2) is 6.43. The monoisotopic (exact) mass is 290 g/mol. The molecule has 0 fully saturated rings. The van der Waals surface area contributed by atoms with Crippen molar-refractivity contribution < 1.29 is 9.90 Å². The third kappa shape index (κ3) is 3.30. The van der Waals surface area contributed by atoms with Crippen molar-refractivity contribution >= 4 is 22.4 Å². The number of hydrogen-bond acceptors (Lipinski definition) is 3. The molecule has 2 aromatic rings. The predicted molar refractivity (Wildman–Crippen MR) is 82.2 cm³/mol. The number of nitrogens with zero attached hydrogens (tertiary/aromatic N) is 1. The van der Waals surface area contributed by atoms with Gasteiger partial charge in [-0.05, 0) is 49.1 Å². The van der Waals surface area contributed by atoms with Crippen LogP contribution in [0.15, 0.2) is 41.8 Å². The fourth-order valence-electron chi connectivity index (χ4n) is 2.08. The number of hydrogen-bond donors (Lipinski definition) is 2. The second-order valence-corrected chi connectivity index (χ2v) is 5.41. The number of amides is 2. The lowest BCUT2D eigenvalue weighted by Crippen LogP contribution is -2.36. The fraction of sp³-hybridized carbons (Fsp3) is 0.267. The van der Waals surface area contributed by atoms with Gasteiger partial charge in [0, 0.05) is 6.54 Å². The van der Waals surface area contributed by atoms with Crippen LogP contribution >= 0.6 is 11.3 Å². The Morgan fingerprint density at radius 2 is 2.20 bits per heavy atom. The van der Waals surface area contributed by atoms with Crippen molar-refractivity contribution in [2.75, 3.05) is 11.9 Å². The van der Waals surface area contributed by atoms with Crippen LogP contribution in [0, 0.1) is 0 Å². The van der Waals surface area contributed by atoms with Crippen LogP contribution in [0.1, 0.15) is 25.5 Å². The van der Waals surface area contributed by atoms with E-state index in [1.807, 2.05) is 37.4 Å². The molecule has 1 aromatic carbocycles. The maximum Gasteiger partial charge on any atom is 0.322 e. The van der Waals surface area contributed by atoms with Crippen LogP contribution in [0.2, 0.25) is 0 Å². The summed E-state index contributed by atoms with van der Waals surface area (Å²) in [5, 5.41) is 15.2. The molecule has 2 amide bonds. The number of urea groups is 1. The van der Waals surface area contributed by atoms with E-state index in [0.717, 1.165) is 10.6 Å². The molecule has 0 aliphatic carbocycles. The molecule has 4 nitrogen and oxygen atoms in total. The number of rotatable bonds is 4. The maximum absolute atomic E-state index is 12.3. The number of phenolic OH excluding ortho intramolecular Hbond substituents is 1. The first-order chi connectivity index (χ1) is 9.61. The van der Waals surface area contributed by atoms with E-state index in [2.05, 4.69) is 5.32 Å². The maximum atomic E-state index is 12.3. The summed E-state index contributed by atoms with van der Waals surface area (Å²) in [7, 11) is 0. The number of anilines is 1. The predicted octanol–water partition coefficient (Wildman–Crippen LogP) is 4.07. The molecule has 1 heterocycles. The van der Waals surface area contributed by atoms with Gasteiger partial charge in [0.1, 0.15) is 5.75 Å². The Balaban J connectivity index is 2.12. The summed E-state index contributed by atoms with van der Waals surface area (Å²) in [5.74, 6) is 0.212. The largest absolute Gasteiger partial charge is 0.508 e. The molecular weight excluding hydrogens is 272 g/mol. The lowest BCUT2D eigenvalue weighted by atomic mass is 10.1. The molecule has 0 aliphatic rings. The van der Waals surface area contributed by atoms with Crippen molar-refractivity contribution in [1.29, 1.82) is 0 Å². The Morgan fingerprint density at radius 1 is 1.40 bits per heavy atom. The van der Waals surface area contributed by atoms with Gasteiger partial charge in [-0.3, -0.25) is 5.32 Å². The Hall–Kier alpha value is -2.01. The molecule has 5 heteroatoms. The first-order valence-corrected chi connectivity index (χ1v) is 7.40. The van der Waals surface area contributed by atoms with Crippen molar-refractivity contribution in [3.05, 3.63) is 47.3 Å². The van der Waals surface area contributed by atoms with Gasteiger partial charge in [-0.25, -0.2) is 4.79 Å². The molecule has 0 spiro atoms. The van der Waals surface area contributed by atoms with E-state index in [9.17, 15) is 9.90 Å². The average Bonchev–Trinajstić information content (AvgIpc) is 2.92. The molecule has 0 aliphatic heterocycles. The molecule has 1 aromatic heterocycles. The van der Waals surface area contributed by atoms with Crippen molar-refractivity contribution in [2.24, 2.45) is 0 Å². The number of aromatic hydroxyl groups is 1. The zero-order valence-corrected chi connectivity index (χ0v) is 12.4. The zero-order valence-electron chi connectivity index (χ0n) is 11.5. The van der Waals surface area contributed by atoms with Crippen LogP contribution in [0.5, 0.6) is 5.75 Å². The van der Waals surface area contributed by atoms with Crippen molar-refractivity contribution in [1.82, 2.24) is 4.90 Å². The minimum Gasteiger partial charge on any atom is -0.508 e. The minimum atomic E-state index is -0.134. The quantitative estimate of drug-likeness (QED) is 0.892. The summed E-state index contributed by atoms with van der Waals surface area (Å²) in [6.07, 6.45) is 0. The van der Waals surface area contributed by atoms with Gasteiger partial charge in [0.2, 0.25) is 0 Å². The van der Waals surface area contributed by atoms with E-state index in [4.69, 9.17) is 0 Å². The third-order valence-electron chi connectivity index (χ3n) is 3.17. The van der Waals surface area contributed by atoms with Crippen LogP contribution in [-0.4, -0.2) is 22.6 Å². The second-order valence-electron chi connectivity index (χ2n) is 4.46. The van der Waals surface area contributed by atoms with Crippen molar-refractivity contribution in [2.45, 2.75) is 19.9 Å². The van der Waals surface area contributed by atoms with Gasteiger partial charge in [-0.1, -0.05) is 12.1 Å². The molecule has 106 valence electrons. The number of carbonyl (C=O) groups is 1. The first-order valence-electron chi connectivity index (χ1n) is 6.52. The highest BCUT2D eigenvalue weighted by Crippen LogP contribution is 2.24. The molecule has 0 radical (unpaired) electrons. The van der Waals surface area contributed by atoms with E-state index < -0.39 is 0 Å². The number of benzene rings is 1. The summed E-state index contributed by atoms with van der Waals surface area (Å²) in [4.78, 5) is 14.0. The third-order valence-corrected chi connectivity index (χ3v) is 3.96. The van der Waals surface area contributed by atoms with Crippen LogP contribution < -0.4 is 5.32 Å². The van der Waals surface area contributed by atoms with Gasteiger partial charge in [0.05, 0.1) is 11.0 Å². The van der Waals surface area contributed by atoms with Gasteiger partial charge in [0.25, 0.3) is 0 Å². The van der Waals surface area contributed by atoms with Crippen LogP contribution in [0.3, 0.4) is 0 Å². The number of thiophene rings is 1. The summed E-state index contributed by atoms with van der Waals surface area (Å²) in [5.41, 5.74) is 0.910. The van der Waals surface area contributed by atoms with Crippen LogP contribution in [-0.2, 0) is 0 Å². The van der Waals surface area contributed by atoms with E-state index in [1.165, 1.54) is 11.3 Å². The normalized spacial score (nSPS) is 11.9. The summed E-state index contributed by atoms with van der Waals surface area (Å²) >= 11 is 1.49. The Labute approximate surface area is 122 Å². The molecule has 0 saturated carbocycles. The zero-order chi connectivity index (χ0) is 14.5. The lowest BCUT2D eigenvalue weighted by molar-refractivity contribution is 0.197.